The van der Waals surface area contributed by atoms with E-state index >= 15 is 0 Å². The van der Waals surface area contributed by atoms with Crippen LogP contribution >= 0.6 is 0 Å². The van der Waals surface area contributed by atoms with Crippen molar-refractivity contribution in [2.75, 3.05) is 5.73 Å². The van der Waals surface area contributed by atoms with E-state index in [1.54, 1.807) is 0 Å². The van der Waals surface area contributed by atoms with Crippen molar-refractivity contribution in [3.8, 4) is 17.3 Å². The first-order valence-electron chi connectivity index (χ1n) is 5.02. The Bertz CT molecular complexity index is 652. The summed E-state index contributed by atoms with van der Waals surface area (Å²) in [6, 6.07) is 7.35. The number of nitrogens with zero attached hydrogens (tertiary/aromatic N) is 1. The van der Waals surface area contributed by atoms with E-state index in [0.29, 0.717) is 11.3 Å². The zero-order valence-corrected chi connectivity index (χ0v) is 9.20. The van der Waals surface area contributed by atoms with Crippen LogP contribution in [0, 0.1) is 17.1 Å². The Labute approximate surface area is 102 Å². The summed E-state index contributed by atoms with van der Waals surface area (Å²) in [6.07, 6.45) is 0. The summed E-state index contributed by atoms with van der Waals surface area (Å²) in [4.78, 5) is 13.8. The first-order chi connectivity index (χ1) is 8.54. The third-order valence-electron chi connectivity index (χ3n) is 2.53. The van der Waals surface area contributed by atoms with Gasteiger partial charge in [0.25, 0.3) is 5.91 Å². The number of carbonyl (C=O) groups excluding carboxylic acids is 1. The van der Waals surface area contributed by atoms with E-state index in [1.807, 2.05) is 6.07 Å². The van der Waals surface area contributed by atoms with Crippen LogP contribution in [0.5, 0.6) is 0 Å². The number of nitriles is 1. The summed E-state index contributed by atoms with van der Waals surface area (Å²) in [5.41, 5.74) is 11.8. The van der Waals surface area contributed by atoms with Crippen LogP contribution in [0.1, 0.15) is 16.1 Å². The second-order valence-corrected chi connectivity index (χ2v) is 3.65. The number of rotatable bonds is 2. The number of nitrogens with two attached hydrogens (primary N) is 2. The van der Waals surface area contributed by atoms with Crippen molar-refractivity contribution in [2.45, 2.75) is 0 Å². The topological polar surface area (TPSA) is 109 Å². The molecule has 5 N–H and O–H groups in total. The van der Waals surface area contributed by atoms with Crippen molar-refractivity contribution in [3.05, 3.63) is 41.3 Å². The van der Waals surface area contributed by atoms with Gasteiger partial charge in [0.15, 0.2) is 0 Å². The quantitative estimate of drug-likeness (QED) is 0.742. The Morgan fingerprint density at radius 2 is 1.94 bits per heavy atom. The highest BCUT2D eigenvalue weighted by Gasteiger charge is 2.19. The van der Waals surface area contributed by atoms with Gasteiger partial charge in [0, 0.05) is 0 Å². The summed E-state index contributed by atoms with van der Waals surface area (Å²) in [7, 11) is 0. The lowest BCUT2D eigenvalue weighted by Gasteiger charge is -1.98. The van der Waals surface area contributed by atoms with Crippen LogP contribution in [0.4, 0.5) is 10.1 Å². The fourth-order valence-electron chi connectivity index (χ4n) is 1.66. The molecule has 90 valence electrons. The Morgan fingerprint density at radius 1 is 1.33 bits per heavy atom. The van der Waals surface area contributed by atoms with E-state index in [-0.39, 0.29) is 16.9 Å². The number of nitrogens with one attached hydrogen (secondary N) is 1. The fourth-order valence-corrected chi connectivity index (χ4v) is 1.66. The summed E-state index contributed by atoms with van der Waals surface area (Å²) in [6.45, 7) is 0. The van der Waals surface area contributed by atoms with E-state index in [9.17, 15) is 9.18 Å². The highest BCUT2D eigenvalue weighted by molar-refractivity contribution is 5.99. The minimum Gasteiger partial charge on any atom is -0.396 e. The third kappa shape index (κ3) is 1.78. The molecule has 0 aliphatic carbocycles. The van der Waals surface area contributed by atoms with E-state index in [4.69, 9.17) is 16.7 Å². The lowest BCUT2D eigenvalue weighted by Crippen LogP contribution is -2.13. The molecule has 0 saturated heterocycles. The SMILES string of the molecule is N#Cc1c(-c2ccc(F)cc2)[nH]c(C(N)=O)c1N. The normalized spacial score (nSPS) is 10.0. The molecule has 0 unspecified atom stereocenters. The highest BCUT2D eigenvalue weighted by atomic mass is 19.1. The van der Waals surface area contributed by atoms with Gasteiger partial charge in [0.2, 0.25) is 0 Å². The van der Waals surface area contributed by atoms with Gasteiger partial charge in [-0.15, -0.1) is 0 Å². The molecule has 1 heterocycles. The number of amides is 1. The number of halogens is 1. The smallest absolute Gasteiger partial charge is 0.267 e. The average Bonchev–Trinajstić information content (AvgIpc) is 2.67. The summed E-state index contributed by atoms with van der Waals surface area (Å²) in [5, 5.41) is 9.03. The van der Waals surface area contributed by atoms with Crippen LogP contribution in [0.15, 0.2) is 24.3 Å². The second kappa shape index (κ2) is 4.22. The molecule has 18 heavy (non-hydrogen) atoms. The number of aromatic nitrogens is 1. The molecule has 0 aliphatic rings. The minimum atomic E-state index is -0.752. The molecule has 0 fully saturated rings. The van der Waals surface area contributed by atoms with Gasteiger partial charge in [0.1, 0.15) is 23.1 Å². The summed E-state index contributed by atoms with van der Waals surface area (Å²) >= 11 is 0. The maximum atomic E-state index is 12.8. The minimum absolute atomic E-state index is 0.00400. The molecule has 0 radical (unpaired) electrons. The lowest BCUT2D eigenvalue weighted by molar-refractivity contribution is 0.0997. The number of hydrogen-bond acceptors (Lipinski definition) is 3. The van der Waals surface area contributed by atoms with Gasteiger partial charge < -0.3 is 16.5 Å². The zero-order valence-electron chi connectivity index (χ0n) is 9.20. The molecular weight excluding hydrogens is 235 g/mol. The Hall–Kier alpha value is -2.81. The molecule has 1 amide bonds. The van der Waals surface area contributed by atoms with Crippen molar-refractivity contribution >= 4 is 11.6 Å². The largest absolute Gasteiger partial charge is 0.396 e. The van der Waals surface area contributed by atoms with Crippen LogP contribution in [0.3, 0.4) is 0 Å². The number of primary amides is 1. The van der Waals surface area contributed by atoms with Gasteiger partial charge >= 0.3 is 0 Å². The maximum absolute atomic E-state index is 12.8. The number of nitrogen functional groups attached to an aromatic ring is 1. The standard InChI is InChI=1S/C12H9FN4O/c13-7-3-1-6(2-4-7)10-8(5-14)9(15)11(17-10)12(16)18/h1-4,17H,15H2,(H2,16,18). The average molecular weight is 244 g/mol. The van der Waals surface area contributed by atoms with Crippen molar-refractivity contribution < 1.29 is 9.18 Å². The molecule has 2 aromatic rings. The molecule has 0 bridgehead atoms. The van der Waals surface area contributed by atoms with Gasteiger partial charge in [-0.2, -0.15) is 5.26 Å². The highest BCUT2D eigenvalue weighted by Crippen LogP contribution is 2.29. The predicted molar refractivity (Wildman–Crippen MR) is 63.8 cm³/mol. The predicted octanol–water partition coefficient (Wildman–Crippen LogP) is 1.37. The monoisotopic (exact) mass is 244 g/mol. The number of carbonyl (C=O) groups is 1. The van der Waals surface area contributed by atoms with E-state index in [0.717, 1.165) is 0 Å². The van der Waals surface area contributed by atoms with Gasteiger partial charge in [-0.3, -0.25) is 4.79 Å². The van der Waals surface area contributed by atoms with Crippen molar-refractivity contribution in [3.63, 3.8) is 0 Å². The van der Waals surface area contributed by atoms with Crippen LogP contribution in [-0.2, 0) is 0 Å². The number of aromatic amines is 1. The molecule has 1 aromatic heterocycles. The lowest BCUT2D eigenvalue weighted by atomic mass is 10.1. The summed E-state index contributed by atoms with van der Waals surface area (Å²) in [5.74, 6) is -1.15. The second-order valence-electron chi connectivity index (χ2n) is 3.65. The molecular formula is C12H9FN4O. The van der Waals surface area contributed by atoms with Gasteiger partial charge in [-0.25, -0.2) is 4.39 Å². The summed E-state index contributed by atoms with van der Waals surface area (Å²) < 4.78 is 12.8. The molecule has 0 atom stereocenters. The number of H-pyrrole nitrogens is 1. The first-order valence-corrected chi connectivity index (χ1v) is 5.02. The molecule has 0 saturated carbocycles. The third-order valence-corrected chi connectivity index (χ3v) is 2.53. The van der Waals surface area contributed by atoms with E-state index in [1.165, 1.54) is 24.3 Å². The van der Waals surface area contributed by atoms with Crippen LogP contribution in [0.2, 0.25) is 0 Å². The van der Waals surface area contributed by atoms with Crippen molar-refractivity contribution in [2.24, 2.45) is 5.73 Å². The molecule has 6 heteroatoms. The fraction of sp³-hybridized carbons (Fsp3) is 0. The van der Waals surface area contributed by atoms with Crippen LogP contribution < -0.4 is 11.5 Å². The van der Waals surface area contributed by atoms with E-state index in [2.05, 4.69) is 4.98 Å². The van der Waals surface area contributed by atoms with Crippen LogP contribution in [-0.4, -0.2) is 10.9 Å². The van der Waals surface area contributed by atoms with Gasteiger partial charge in [-0.05, 0) is 29.8 Å². The van der Waals surface area contributed by atoms with Crippen molar-refractivity contribution in [1.29, 1.82) is 5.26 Å². The molecule has 0 spiro atoms. The van der Waals surface area contributed by atoms with E-state index < -0.39 is 11.7 Å². The Kier molecular flexibility index (Phi) is 2.73. The Balaban J connectivity index is 2.65. The number of anilines is 1. The molecule has 5 nitrogen and oxygen atoms in total. The van der Waals surface area contributed by atoms with Crippen LogP contribution in [0.25, 0.3) is 11.3 Å². The Morgan fingerprint density at radius 3 is 2.44 bits per heavy atom. The van der Waals surface area contributed by atoms with Crippen molar-refractivity contribution in [1.82, 2.24) is 4.98 Å². The number of hydrogen-bond donors (Lipinski definition) is 3. The molecule has 2 rings (SSSR count). The maximum Gasteiger partial charge on any atom is 0.267 e. The zero-order chi connectivity index (χ0) is 13.3. The van der Waals surface area contributed by atoms with Gasteiger partial charge in [0.05, 0.1) is 11.4 Å². The van der Waals surface area contributed by atoms with Gasteiger partial charge in [-0.1, -0.05) is 0 Å². The number of benzene rings is 1. The molecule has 1 aromatic carbocycles. The first kappa shape index (κ1) is 11.7. The molecule has 0 aliphatic heterocycles.